The first-order valence-corrected chi connectivity index (χ1v) is 6.10. The van der Waals surface area contributed by atoms with Gasteiger partial charge in [0.2, 0.25) is 0 Å². The number of allylic oxidation sites excluding steroid dienone is 2. The predicted octanol–water partition coefficient (Wildman–Crippen LogP) is 3.43. The fourth-order valence-electron chi connectivity index (χ4n) is 1.24. The van der Waals surface area contributed by atoms with Crippen molar-refractivity contribution >= 4 is 5.84 Å². The van der Waals surface area contributed by atoms with Crippen molar-refractivity contribution < 1.29 is 5.11 Å². The van der Waals surface area contributed by atoms with E-state index in [2.05, 4.69) is 18.8 Å². The molecule has 0 amide bonds. The van der Waals surface area contributed by atoms with Gasteiger partial charge in [-0.05, 0) is 37.5 Å². The third-order valence-electron chi connectivity index (χ3n) is 2.54. The van der Waals surface area contributed by atoms with Crippen molar-refractivity contribution in [2.24, 2.45) is 10.7 Å². The highest BCUT2D eigenvalue weighted by Crippen LogP contribution is 2.22. The second-order valence-corrected chi connectivity index (χ2v) is 4.21. The summed E-state index contributed by atoms with van der Waals surface area (Å²) >= 11 is 0. The van der Waals surface area contributed by atoms with E-state index < -0.39 is 0 Å². The largest absolute Gasteiger partial charge is 0.507 e. The molecule has 1 aromatic rings. The van der Waals surface area contributed by atoms with Crippen molar-refractivity contribution in [1.82, 2.24) is 0 Å². The molecule has 0 atom stereocenters. The lowest BCUT2D eigenvalue weighted by atomic mass is 10.00. The van der Waals surface area contributed by atoms with Gasteiger partial charge in [-0.3, -0.25) is 4.99 Å². The standard InChI is InChI=1S/C11H16N2O.C4H8/c1-7(2)8-4-5-10(14)9(6-8)11(12)13-3;1-3-4-2/h4-7,14H,1-3H3,(H2,12,13);3-4H,1-2H3/b;4-3-. The number of amidine groups is 1. The van der Waals surface area contributed by atoms with Crippen molar-refractivity contribution in [2.45, 2.75) is 33.6 Å². The van der Waals surface area contributed by atoms with Crippen LogP contribution < -0.4 is 5.73 Å². The van der Waals surface area contributed by atoms with Gasteiger partial charge >= 0.3 is 0 Å². The van der Waals surface area contributed by atoms with Crippen LogP contribution in [0.1, 0.15) is 44.7 Å². The summed E-state index contributed by atoms with van der Waals surface area (Å²) in [6, 6.07) is 5.43. The van der Waals surface area contributed by atoms with E-state index in [9.17, 15) is 5.11 Å². The lowest BCUT2D eigenvalue weighted by Gasteiger charge is -2.09. The number of aliphatic imine (C=N–C) groups is 1. The number of phenolic OH excluding ortho intramolecular Hbond substituents is 1. The fourth-order valence-corrected chi connectivity index (χ4v) is 1.24. The molecule has 0 aliphatic heterocycles. The summed E-state index contributed by atoms with van der Waals surface area (Å²) in [5.41, 5.74) is 7.41. The summed E-state index contributed by atoms with van der Waals surface area (Å²) in [6.45, 7) is 8.19. The normalized spacial score (nSPS) is 11.6. The molecule has 0 heterocycles. The molecule has 0 fully saturated rings. The lowest BCUT2D eigenvalue weighted by Crippen LogP contribution is -2.13. The molecular weight excluding hydrogens is 224 g/mol. The molecule has 0 unspecified atom stereocenters. The number of phenols is 1. The number of aromatic hydroxyl groups is 1. The monoisotopic (exact) mass is 248 g/mol. The molecule has 100 valence electrons. The average Bonchev–Trinajstić information content (AvgIpc) is 2.38. The van der Waals surface area contributed by atoms with Crippen molar-refractivity contribution in [3.05, 3.63) is 41.5 Å². The third kappa shape index (κ3) is 5.04. The van der Waals surface area contributed by atoms with E-state index in [1.165, 1.54) is 0 Å². The van der Waals surface area contributed by atoms with Gasteiger partial charge in [0.1, 0.15) is 11.6 Å². The van der Waals surface area contributed by atoms with Crippen LogP contribution in [0.3, 0.4) is 0 Å². The summed E-state index contributed by atoms with van der Waals surface area (Å²) in [7, 11) is 1.61. The first-order chi connectivity index (χ1) is 8.47. The fraction of sp³-hybridized carbons (Fsp3) is 0.400. The summed E-state index contributed by atoms with van der Waals surface area (Å²) < 4.78 is 0. The minimum absolute atomic E-state index is 0.178. The van der Waals surface area contributed by atoms with Crippen LogP contribution in [0.15, 0.2) is 35.3 Å². The van der Waals surface area contributed by atoms with E-state index in [1.54, 1.807) is 13.1 Å². The van der Waals surface area contributed by atoms with Gasteiger partial charge in [0, 0.05) is 7.05 Å². The van der Waals surface area contributed by atoms with E-state index in [-0.39, 0.29) is 5.75 Å². The Balaban J connectivity index is 0.000000631. The second-order valence-electron chi connectivity index (χ2n) is 4.21. The molecule has 1 rings (SSSR count). The topological polar surface area (TPSA) is 58.6 Å². The SMILES string of the molecule is C/C=C\C.CN=C(N)c1cc(C(C)C)ccc1O. The molecule has 3 N–H and O–H groups in total. The number of benzene rings is 1. The van der Waals surface area contributed by atoms with Gasteiger partial charge in [-0.1, -0.05) is 32.1 Å². The molecule has 0 radical (unpaired) electrons. The Morgan fingerprint density at radius 1 is 1.28 bits per heavy atom. The summed E-state index contributed by atoms with van der Waals surface area (Å²) in [6.07, 6.45) is 4.00. The number of rotatable bonds is 2. The minimum Gasteiger partial charge on any atom is -0.507 e. The first-order valence-electron chi connectivity index (χ1n) is 6.10. The zero-order chi connectivity index (χ0) is 14.1. The Hall–Kier alpha value is -1.77. The minimum atomic E-state index is 0.178. The van der Waals surface area contributed by atoms with Crippen LogP contribution in [0.25, 0.3) is 0 Å². The Kier molecular flexibility index (Phi) is 7.52. The van der Waals surface area contributed by atoms with Crippen LogP contribution >= 0.6 is 0 Å². The third-order valence-corrected chi connectivity index (χ3v) is 2.54. The number of nitrogens with zero attached hydrogens (tertiary/aromatic N) is 1. The predicted molar refractivity (Wildman–Crippen MR) is 79.3 cm³/mol. The maximum Gasteiger partial charge on any atom is 0.129 e. The molecule has 3 nitrogen and oxygen atoms in total. The maximum absolute atomic E-state index is 9.56. The molecule has 0 spiro atoms. The summed E-state index contributed by atoms with van der Waals surface area (Å²) in [5, 5.41) is 9.56. The van der Waals surface area contributed by atoms with E-state index in [0.29, 0.717) is 17.3 Å². The molecule has 1 aromatic carbocycles. The summed E-state index contributed by atoms with van der Waals surface area (Å²) in [4.78, 5) is 3.85. The van der Waals surface area contributed by atoms with Gasteiger partial charge in [0.05, 0.1) is 5.56 Å². The average molecular weight is 248 g/mol. The molecule has 3 heteroatoms. The van der Waals surface area contributed by atoms with E-state index in [0.717, 1.165) is 5.56 Å². The molecule has 18 heavy (non-hydrogen) atoms. The van der Waals surface area contributed by atoms with Gasteiger partial charge < -0.3 is 10.8 Å². The first kappa shape index (κ1) is 16.2. The van der Waals surface area contributed by atoms with Crippen LogP contribution in [0.2, 0.25) is 0 Å². The molecule has 0 bridgehead atoms. The van der Waals surface area contributed by atoms with Crippen LogP contribution in [-0.2, 0) is 0 Å². The highest BCUT2D eigenvalue weighted by atomic mass is 16.3. The number of nitrogens with two attached hydrogens (primary N) is 1. The Bertz CT molecular complexity index is 417. The van der Waals surface area contributed by atoms with Crippen molar-refractivity contribution in [3.8, 4) is 5.75 Å². The van der Waals surface area contributed by atoms with E-state index in [1.807, 2.05) is 38.1 Å². The van der Waals surface area contributed by atoms with E-state index in [4.69, 9.17) is 5.73 Å². The van der Waals surface area contributed by atoms with Gasteiger partial charge in [-0.15, -0.1) is 0 Å². The molecule has 0 aliphatic carbocycles. The van der Waals surface area contributed by atoms with Gasteiger partial charge in [0.15, 0.2) is 0 Å². The van der Waals surface area contributed by atoms with Crippen LogP contribution in [0.5, 0.6) is 5.75 Å². The van der Waals surface area contributed by atoms with Crippen LogP contribution in [-0.4, -0.2) is 18.0 Å². The number of hydrogen-bond donors (Lipinski definition) is 2. The molecule has 0 aromatic heterocycles. The van der Waals surface area contributed by atoms with Crippen molar-refractivity contribution in [1.29, 1.82) is 0 Å². The molecular formula is C15H24N2O. The van der Waals surface area contributed by atoms with Crippen molar-refractivity contribution in [2.75, 3.05) is 7.05 Å². The molecule has 0 saturated heterocycles. The Morgan fingerprint density at radius 2 is 1.83 bits per heavy atom. The highest BCUT2D eigenvalue weighted by Gasteiger charge is 2.07. The smallest absolute Gasteiger partial charge is 0.129 e. The van der Waals surface area contributed by atoms with Crippen molar-refractivity contribution in [3.63, 3.8) is 0 Å². The zero-order valence-corrected chi connectivity index (χ0v) is 11.9. The second kappa shape index (κ2) is 8.34. The molecule has 0 saturated carbocycles. The summed E-state index contributed by atoms with van der Waals surface area (Å²) in [5.74, 6) is 0.960. The quantitative estimate of drug-likeness (QED) is 0.478. The lowest BCUT2D eigenvalue weighted by molar-refractivity contribution is 0.473. The van der Waals surface area contributed by atoms with Gasteiger partial charge in [-0.25, -0.2) is 0 Å². The molecule has 0 aliphatic rings. The van der Waals surface area contributed by atoms with Gasteiger partial charge in [-0.2, -0.15) is 0 Å². The maximum atomic E-state index is 9.56. The van der Waals surface area contributed by atoms with Crippen LogP contribution in [0.4, 0.5) is 0 Å². The van der Waals surface area contributed by atoms with Gasteiger partial charge in [0.25, 0.3) is 0 Å². The van der Waals surface area contributed by atoms with E-state index >= 15 is 0 Å². The Morgan fingerprint density at radius 3 is 2.22 bits per heavy atom. The highest BCUT2D eigenvalue weighted by molar-refractivity contribution is 5.99. The Labute approximate surface area is 110 Å². The zero-order valence-electron chi connectivity index (χ0n) is 11.9. The number of hydrogen-bond acceptors (Lipinski definition) is 2. The van der Waals surface area contributed by atoms with Crippen LogP contribution in [0, 0.1) is 0 Å².